The summed E-state index contributed by atoms with van der Waals surface area (Å²) in [7, 11) is 1.77. The largest absolute Gasteiger partial charge is 0.505 e. The molecule has 0 saturated heterocycles. The Morgan fingerprint density at radius 2 is 1.81 bits per heavy atom. The molecular formula is C20H26O. The molecule has 5 rings (SSSR count). The summed E-state index contributed by atoms with van der Waals surface area (Å²) in [6.45, 7) is 2.30. The van der Waals surface area contributed by atoms with E-state index in [4.69, 9.17) is 4.74 Å². The molecule has 21 heavy (non-hydrogen) atoms. The van der Waals surface area contributed by atoms with Crippen molar-refractivity contribution < 1.29 is 4.74 Å². The second-order valence-corrected chi connectivity index (χ2v) is 7.67. The average molecular weight is 282 g/mol. The molecule has 0 spiro atoms. The van der Waals surface area contributed by atoms with Crippen LogP contribution < -0.4 is 0 Å². The Morgan fingerprint density at radius 1 is 1.10 bits per heavy atom. The lowest BCUT2D eigenvalue weighted by atomic mass is 9.43. The monoisotopic (exact) mass is 282 g/mol. The van der Waals surface area contributed by atoms with Crippen LogP contribution in [0.1, 0.15) is 43.2 Å². The van der Waals surface area contributed by atoms with Crippen molar-refractivity contribution in [2.45, 2.75) is 44.4 Å². The first kappa shape index (κ1) is 13.4. The normalized spacial score (nSPS) is 40.9. The molecule has 1 nitrogen and oxygen atoms in total. The van der Waals surface area contributed by atoms with Crippen LogP contribution in [0.4, 0.5) is 0 Å². The van der Waals surface area contributed by atoms with E-state index < -0.39 is 0 Å². The minimum Gasteiger partial charge on any atom is -0.505 e. The number of rotatable bonds is 3. The van der Waals surface area contributed by atoms with Gasteiger partial charge in [-0.05, 0) is 79.9 Å². The molecule has 3 atom stereocenters. The third kappa shape index (κ3) is 1.97. The second kappa shape index (κ2) is 4.90. The SMILES string of the molecule is CO/C=C/C1C2CC3CC(C2)CC1(c1ccccc1C)C3. The fourth-order valence-electron chi connectivity index (χ4n) is 6.12. The summed E-state index contributed by atoms with van der Waals surface area (Å²) in [4.78, 5) is 0. The van der Waals surface area contributed by atoms with Crippen LogP contribution in [0.5, 0.6) is 0 Å². The molecule has 4 saturated carbocycles. The molecule has 0 aliphatic heterocycles. The molecule has 0 radical (unpaired) electrons. The lowest BCUT2D eigenvalue weighted by molar-refractivity contribution is -0.0426. The Hall–Kier alpha value is -1.24. The highest BCUT2D eigenvalue weighted by atomic mass is 16.5. The molecular weight excluding hydrogens is 256 g/mol. The predicted octanol–water partition coefficient (Wildman–Crippen LogP) is 4.85. The Morgan fingerprint density at radius 3 is 2.48 bits per heavy atom. The molecule has 1 aromatic carbocycles. The van der Waals surface area contributed by atoms with Crippen LogP contribution in [0.25, 0.3) is 0 Å². The maximum Gasteiger partial charge on any atom is 0.0787 e. The van der Waals surface area contributed by atoms with E-state index in [2.05, 4.69) is 37.3 Å². The fraction of sp³-hybridized carbons (Fsp3) is 0.600. The van der Waals surface area contributed by atoms with Crippen molar-refractivity contribution >= 4 is 0 Å². The maximum atomic E-state index is 5.28. The van der Waals surface area contributed by atoms with E-state index in [-0.39, 0.29) is 0 Å². The summed E-state index contributed by atoms with van der Waals surface area (Å²) in [5.74, 6) is 3.48. The van der Waals surface area contributed by atoms with Crippen molar-refractivity contribution in [1.82, 2.24) is 0 Å². The Labute approximate surface area is 128 Å². The predicted molar refractivity (Wildman–Crippen MR) is 86.1 cm³/mol. The molecule has 0 heterocycles. The van der Waals surface area contributed by atoms with Crippen molar-refractivity contribution in [2.24, 2.45) is 23.7 Å². The average Bonchev–Trinajstić information content (AvgIpc) is 2.46. The fourth-order valence-corrected chi connectivity index (χ4v) is 6.12. The van der Waals surface area contributed by atoms with Crippen LogP contribution in [-0.2, 0) is 10.2 Å². The first-order chi connectivity index (χ1) is 10.2. The molecule has 0 amide bonds. The Kier molecular flexibility index (Phi) is 3.13. The summed E-state index contributed by atoms with van der Waals surface area (Å²) in [6, 6.07) is 9.11. The summed E-state index contributed by atoms with van der Waals surface area (Å²) < 4.78 is 5.28. The zero-order chi connectivity index (χ0) is 14.4. The zero-order valence-electron chi connectivity index (χ0n) is 13.2. The van der Waals surface area contributed by atoms with Crippen LogP contribution in [-0.4, -0.2) is 7.11 Å². The van der Waals surface area contributed by atoms with Crippen molar-refractivity contribution in [1.29, 1.82) is 0 Å². The van der Waals surface area contributed by atoms with Gasteiger partial charge in [0.25, 0.3) is 0 Å². The van der Waals surface area contributed by atoms with Crippen LogP contribution in [0, 0.1) is 30.6 Å². The van der Waals surface area contributed by atoms with Gasteiger partial charge in [0, 0.05) is 5.41 Å². The quantitative estimate of drug-likeness (QED) is 0.720. The van der Waals surface area contributed by atoms with Gasteiger partial charge in [0.1, 0.15) is 0 Å². The Balaban J connectivity index is 1.82. The third-order valence-electron chi connectivity index (χ3n) is 6.49. The van der Waals surface area contributed by atoms with Gasteiger partial charge in [-0.25, -0.2) is 0 Å². The van der Waals surface area contributed by atoms with Crippen molar-refractivity contribution in [3.05, 3.63) is 47.7 Å². The minimum absolute atomic E-state index is 0.384. The van der Waals surface area contributed by atoms with Gasteiger partial charge < -0.3 is 4.74 Å². The van der Waals surface area contributed by atoms with Crippen molar-refractivity contribution in [3.8, 4) is 0 Å². The van der Waals surface area contributed by atoms with E-state index in [0.717, 1.165) is 17.8 Å². The van der Waals surface area contributed by atoms with Crippen LogP contribution in [0.3, 0.4) is 0 Å². The van der Waals surface area contributed by atoms with Gasteiger partial charge in [-0.15, -0.1) is 0 Å². The lowest BCUT2D eigenvalue weighted by Gasteiger charge is -2.61. The maximum absolute atomic E-state index is 5.28. The lowest BCUT2D eigenvalue weighted by Crippen LogP contribution is -2.54. The van der Waals surface area contributed by atoms with E-state index in [1.54, 1.807) is 12.7 Å². The van der Waals surface area contributed by atoms with E-state index in [1.165, 1.54) is 37.7 Å². The topological polar surface area (TPSA) is 9.23 Å². The number of aryl methyl sites for hydroxylation is 1. The molecule has 0 N–H and O–H groups in total. The third-order valence-corrected chi connectivity index (χ3v) is 6.49. The summed E-state index contributed by atoms with van der Waals surface area (Å²) in [6.07, 6.45) is 11.5. The van der Waals surface area contributed by atoms with Crippen molar-refractivity contribution in [3.63, 3.8) is 0 Å². The molecule has 1 aromatic rings. The zero-order valence-corrected chi connectivity index (χ0v) is 13.2. The second-order valence-electron chi connectivity index (χ2n) is 7.67. The van der Waals surface area contributed by atoms with Gasteiger partial charge in [0.05, 0.1) is 13.4 Å². The highest BCUT2D eigenvalue weighted by molar-refractivity contribution is 5.38. The van der Waals surface area contributed by atoms with Gasteiger partial charge >= 0.3 is 0 Å². The molecule has 4 bridgehead atoms. The van der Waals surface area contributed by atoms with E-state index in [0.29, 0.717) is 11.3 Å². The number of allylic oxidation sites excluding steroid dienone is 1. The first-order valence-corrected chi connectivity index (χ1v) is 8.48. The Bertz CT molecular complexity index is 545. The smallest absolute Gasteiger partial charge is 0.0787 e. The number of benzene rings is 1. The summed E-state index contributed by atoms with van der Waals surface area (Å²) >= 11 is 0. The number of hydrogen-bond donors (Lipinski definition) is 0. The van der Waals surface area contributed by atoms with Crippen LogP contribution in [0.15, 0.2) is 36.6 Å². The first-order valence-electron chi connectivity index (χ1n) is 8.48. The summed E-state index contributed by atoms with van der Waals surface area (Å²) in [5, 5.41) is 0. The highest BCUT2D eigenvalue weighted by Crippen LogP contribution is 2.64. The highest BCUT2D eigenvalue weighted by Gasteiger charge is 2.57. The number of methoxy groups -OCH3 is 1. The molecule has 4 aliphatic carbocycles. The van der Waals surface area contributed by atoms with Crippen molar-refractivity contribution in [2.75, 3.05) is 7.11 Å². The molecule has 112 valence electrons. The van der Waals surface area contributed by atoms with E-state index in [1.807, 2.05) is 6.26 Å². The standard InChI is InChI=1S/C20H26O/c1-14-5-3-4-6-18(14)20-12-15-9-16(13-20)11-17(10-15)19(20)7-8-21-2/h3-8,15-17,19H,9-13H2,1-2H3/b8-7+. The number of hydrogen-bond acceptors (Lipinski definition) is 1. The van der Waals surface area contributed by atoms with Crippen LogP contribution in [0.2, 0.25) is 0 Å². The van der Waals surface area contributed by atoms with Gasteiger partial charge in [-0.1, -0.05) is 24.3 Å². The molecule has 4 aliphatic rings. The molecule has 4 fully saturated rings. The van der Waals surface area contributed by atoms with E-state index in [9.17, 15) is 0 Å². The molecule has 0 aromatic heterocycles. The van der Waals surface area contributed by atoms with Gasteiger partial charge in [0.2, 0.25) is 0 Å². The van der Waals surface area contributed by atoms with Gasteiger partial charge in [0.15, 0.2) is 0 Å². The van der Waals surface area contributed by atoms with Gasteiger partial charge in [-0.2, -0.15) is 0 Å². The van der Waals surface area contributed by atoms with Crippen LogP contribution >= 0.6 is 0 Å². The van der Waals surface area contributed by atoms with E-state index >= 15 is 0 Å². The minimum atomic E-state index is 0.384. The van der Waals surface area contributed by atoms with Gasteiger partial charge in [-0.3, -0.25) is 0 Å². The molecule has 3 unspecified atom stereocenters. The number of ether oxygens (including phenoxy) is 1. The summed E-state index contributed by atoms with van der Waals surface area (Å²) in [5.41, 5.74) is 3.49. The molecule has 1 heteroatoms.